The van der Waals surface area contributed by atoms with E-state index in [0.29, 0.717) is 0 Å². The molecule has 10 heteroatoms. The lowest BCUT2D eigenvalue weighted by molar-refractivity contribution is 0.383. The van der Waals surface area contributed by atoms with Gasteiger partial charge < -0.3 is 15.2 Å². The molecule has 2 aromatic heterocycles. The number of methoxy groups -OCH3 is 2. The van der Waals surface area contributed by atoms with Crippen molar-refractivity contribution in [2.45, 2.75) is 0 Å². The summed E-state index contributed by atoms with van der Waals surface area (Å²) in [6.45, 7) is 0. The number of nitriles is 2. The molecule has 2 heterocycles. The molecule has 0 saturated carbocycles. The van der Waals surface area contributed by atoms with Crippen LogP contribution in [0.25, 0.3) is 32.1 Å². The Balaban J connectivity index is 2.18. The number of nitrogens with zero attached hydrogens (tertiary/aromatic N) is 3. The molecule has 0 radical (unpaired) electrons. The highest BCUT2D eigenvalue weighted by atomic mass is 35.5. The number of thiophene rings is 1. The van der Waals surface area contributed by atoms with Crippen molar-refractivity contribution in [1.29, 1.82) is 10.5 Å². The molecule has 2 aromatic carbocycles. The molecule has 2 N–H and O–H groups in total. The summed E-state index contributed by atoms with van der Waals surface area (Å²) in [4.78, 5) is 4.13. The summed E-state index contributed by atoms with van der Waals surface area (Å²) in [5.41, 5.74) is 5.84. The minimum Gasteiger partial charge on any atom is -0.494 e. The number of anilines is 1. The fraction of sp³-hybridized carbons (Fsp3) is 0.0952. The standard InChI is InChI=1S/C21H11ClF2N4O2S/c1-29-18-9-5-12(22)15(16(24)17(9)28-21(30-2)11(18)7-26)8-3-4-13(23)19-14(8)10(6-25)20(27)31-19/h3-5H,27H2,1-2H3. The van der Waals surface area contributed by atoms with E-state index in [1.54, 1.807) is 0 Å². The van der Waals surface area contributed by atoms with E-state index in [0.717, 1.165) is 17.4 Å². The average molecular weight is 457 g/mol. The molecule has 0 atom stereocenters. The maximum atomic E-state index is 15.8. The van der Waals surface area contributed by atoms with Crippen LogP contribution in [0.3, 0.4) is 0 Å². The van der Waals surface area contributed by atoms with E-state index in [9.17, 15) is 14.9 Å². The highest BCUT2D eigenvalue weighted by Gasteiger charge is 2.26. The van der Waals surface area contributed by atoms with E-state index in [2.05, 4.69) is 4.98 Å². The van der Waals surface area contributed by atoms with E-state index < -0.39 is 11.6 Å². The molecule has 0 spiro atoms. The summed E-state index contributed by atoms with van der Waals surface area (Å²) < 4.78 is 40.7. The van der Waals surface area contributed by atoms with Crippen LogP contribution in [0.1, 0.15) is 11.1 Å². The van der Waals surface area contributed by atoms with Gasteiger partial charge >= 0.3 is 0 Å². The highest BCUT2D eigenvalue weighted by molar-refractivity contribution is 7.23. The number of nitrogens with two attached hydrogens (primary N) is 1. The number of halogens is 3. The number of aromatic nitrogens is 1. The fourth-order valence-corrected chi connectivity index (χ4v) is 4.74. The van der Waals surface area contributed by atoms with Gasteiger partial charge in [0.05, 0.1) is 29.5 Å². The number of rotatable bonds is 3. The van der Waals surface area contributed by atoms with Crippen LogP contribution in [0, 0.1) is 34.3 Å². The second-order valence-corrected chi connectivity index (χ2v) is 7.80. The zero-order valence-electron chi connectivity index (χ0n) is 16.0. The molecule has 0 aliphatic heterocycles. The third kappa shape index (κ3) is 2.90. The Bertz CT molecular complexity index is 1490. The molecule has 4 aromatic rings. The average Bonchev–Trinajstić information content (AvgIpc) is 3.10. The number of pyridine rings is 1. The molecule has 4 rings (SSSR count). The summed E-state index contributed by atoms with van der Waals surface area (Å²) in [7, 11) is 2.62. The molecule has 154 valence electrons. The summed E-state index contributed by atoms with van der Waals surface area (Å²) in [6, 6.07) is 7.76. The quantitative estimate of drug-likeness (QED) is 0.443. The lowest BCUT2D eigenvalue weighted by Crippen LogP contribution is -2.01. The topological polar surface area (TPSA) is 105 Å². The second-order valence-electron chi connectivity index (χ2n) is 6.34. The maximum Gasteiger partial charge on any atom is 0.235 e. The Morgan fingerprint density at radius 1 is 1.13 bits per heavy atom. The van der Waals surface area contributed by atoms with Crippen molar-refractivity contribution in [2.24, 2.45) is 0 Å². The van der Waals surface area contributed by atoms with E-state index in [1.165, 1.54) is 26.4 Å². The third-order valence-electron chi connectivity index (χ3n) is 4.80. The van der Waals surface area contributed by atoms with E-state index >= 15 is 4.39 Å². The lowest BCUT2D eigenvalue weighted by atomic mass is 9.96. The first-order chi connectivity index (χ1) is 14.9. The molecule has 31 heavy (non-hydrogen) atoms. The van der Waals surface area contributed by atoms with Crippen LogP contribution in [0.5, 0.6) is 11.6 Å². The van der Waals surface area contributed by atoms with Crippen molar-refractivity contribution >= 4 is 48.9 Å². The summed E-state index contributed by atoms with van der Waals surface area (Å²) in [5, 5.41) is 19.4. The van der Waals surface area contributed by atoms with Gasteiger partial charge in [-0.3, -0.25) is 0 Å². The first kappa shape index (κ1) is 20.6. The van der Waals surface area contributed by atoms with Crippen molar-refractivity contribution in [3.05, 3.63) is 46.0 Å². The van der Waals surface area contributed by atoms with Crippen LogP contribution in [0.4, 0.5) is 13.8 Å². The number of fused-ring (bicyclic) bond motifs is 2. The normalized spacial score (nSPS) is 10.8. The maximum absolute atomic E-state index is 15.8. The van der Waals surface area contributed by atoms with Gasteiger partial charge in [-0.25, -0.2) is 13.8 Å². The Kier molecular flexibility index (Phi) is 5.02. The van der Waals surface area contributed by atoms with Crippen LogP contribution in [-0.4, -0.2) is 19.2 Å². The number of hydrogen-bond donors (Lipinski definition) is 1. The Morgan fingerprint density at radius 3 is 2.45 bits per heavy atom. The van der Waals surface area contributed by atoms with Gasteiger partial charge in [0.25, 0.3) is 0 Å². The van der Waals surface area contributed by atoms with Crippen molar-refractivity contribution in [3.8, 4) is 34.9 Å². The molecular formula is C21H11ClF2N4O2S. The zero-order valence-corrected chi connectivity index (χ0v) is 17.6. The van der Waals surface area contributed by atoms with Crippen LogP contribution >= 0.6 is 22.9 Å². The van der Waals surface area contributed by atoms with Crippen molar-refractivity contribution in [3.63, 3.8) is 0 Å². The molecular weight excluding hydrogens is 446 g/mol. The first-order valence-electron chi connectivity index (χ1n) is 8.62. The summed E-state index contributed by atoms with van der Waals surface area (Å²) in [6.07, 6.45) is 0. The van der Waals surface area contributed by atoms with Crippen molar-refractivity contribution < 1.29 is 18.3 Å². The molecule has 0 amide bonds. The fourth-order valence-electron chi connectivity index (χ4n) is 3.49. The van der Waals surface area contributed by atoms with Crippen LogP contribution in [0.15, 0.2) is 18.2 Å². The highest BCUT2D eigenvalue weighted by Crippen LogP contribution is 2.46. The first-order valence-corrected chi connectivity index (χ1v) is 9.82. The number of nitrogen functional groups attached to an aromatic ring is 1. The van der Waals surface area contributed by atoms with E-state index in [4.69, 9.17) is 26.8 Å². The molecule has 0 aliphatic rings. The van der Waals surface area contributed by atoms with Crippen LogP contribution in [0.2, 0.25) is 5.02 Å². The van der Waals surface area contributed by atoms with Gasteiger partial charge in [-0.05, 0) is 17.7 Å². The van der Waals surface area contributed by atoms with Crippen molar-refractivity contribution in [2.75, 3.05) is 20.0 Å². The molecule has 0 saturated heterocycles. The smallest absolute Gasteiger partial charge is 0.235 e. The van der Waals surface area contributed by atoms with E-state index in [1.807, 2.05) is 12.1 Å². The van der Waals surface area contributed by atoms with Crippen molar-refractivity contribution in [1.82, 2.24) is 4.98 Å². The van der Waals surface area contributed by atoms with Gasteiger partial charge in [0.15, 0.2) is 17.1 Å². The predicted octanol–water partition coefficient (Wildman–Crippen LogP) is 5.39. The number of benzene rings is 2. The van der Waals surface area contributed by atoms with Gasteiger partial charge in [0.2, 0.25) is 5.88 Å². The summed E-state index contributed by atoms with van der Waals surface area (Å²) >= 11 is 7.34. The van der Waals surface area contributed by atoms with Gasteiger partial charge in [-0.15, -0.1) is 11.3 Å². The zero-order chi connectivity index (χ0) is 22.4. The second kappa shape index (κ2) is 7.55. The monoisotopic (exact) mass is 456 g/mol. The van der Waals surface area contributed by atoms with Gasteiger partial charge in [-0.2, -0.15) is 10.5 Å². The number of ether oxygens (including phenoxy) is 2. The Hall–Kier alpha value is -3.66. The van der Waals surface area contributed by atoms with E-state index in [-0.39, 0.29) is 64.9 Å². The van der Waals surface area contributed by atoms with Gasteiger partial charge in [0, 0.05) is 16.3 Å². The largest absolute Gasteiger partial charge is 0.494 e. The van der Waals surface area contributed by atoms with Crippen LogP contribution < -0.4 is 15.2 Å². The third-order valence-corrected chi connectivity index (χ3v) is 6.13. The summed E-state index contributed by atoms with van der Waals surface area (Å²) in [5.74, 6) is -1.50. The molecule has 0 fully saturated rings. The van der Waals surface area contributed by atoms with Gasteiger partial charge in [0.1, 0.15) is 28.5 Å². The SMILES string of the molecule is COc1nc2c(F)c(-c3ccc(F)c4sc(N)c(C#N)c34)c(Cl)cc2c(OC)c1C#N. The lowest BCUT2D eigenvalue weighted by Gasteiger charge is -2.15. The van der Waals surface area contributed by atoms with Gasteiger partial charge in [-0.1, -0.05) is 17.7 Å². The molecule has 6 nitrogen and oxygen atoms in total. The Morgan fingerprint density at radius 2 is 1.84 bits per heavy atom. The Labute approximate surface area is 183 Å². The van der Waals surface area contributed by atoms with Crippen LogP contribution in [-0.2, 0) is 0 Å². The molecule has 0 unspecified atom stereocenters. The number of hydrogen-bond acceptors (Lipinski definition) is 7. The minimum atomic E-state index is -0.842. The molecule has 0 bridgehead atoms. The molecule has 0 aliphatic carbocycles. The minimum absolute atomic E-state index is 0.0118. The predicted molar refractivity (Wildman–Crippen MR) is 114 cm³/mol.